The molecule has 0 spiro atoms. The van der Waals surface area contributed by atoms with Crippen LogP contribution in [0, 0.1) is 0 Å². The molecular formula is C54H35N3. The van der Waals surface area contributed by atoms with Crippen molar-refractivity contribution in [2.75, 3.05) is 0 Å². The lowest BCUT2D eigenvalue weighted by Crippen LogP contribution is -1.97. The van der Waals surface area contributed by atoms with Crippen molar-refractivity contribution in [3.8, 4) is 61.8 Å². The molecule has 0 saturated carbocycles. The molecule has 2 heterocycles. The molecule has 0 N–H and O–H groups in total. The van der Waals surface area contributed by atoms with Crippen molar-refractivity contribution >= 4 is 43.4 Å². The molecule has 0 saturated heterocycles. The van der Waals surface area contributed by atoms with Gasteiger partial charge in [0.15, 0.2) is 5.82 Å². The van der Waals surface area contributed by atoms with Crippen molar-refractivity contribution in [3.05, 3.63) is 212 Å². The first-order valence-corrected chi connectivity index (χ1v) is 18.8. The average Bonchev–Trinajstić information content (AvgIpc) is 3.72. The highest BCUT2D eigenvalue weighted by Gasteiger charge is 2.18. The van der Waals surface area contributed by atoms with Crippen LogP contribution in [0.3, 0.4) is 0 Å². The van der Waals surface area contributed by atoms with Gasteiger partial charge in [-0.25, -0.2) is 9.97 Å². The van der Waals surface area contributed by atoms with E-state index < -0.39 is 24.2 Å². The highest BCUT2D eigenvalue weighted by molar-refractivity contribution is 6.10. The molecule has 11 aromatic rings. The molecule has 0 atom stereocenters. The molecule has 0 unspecified atom stereocenters. The van der Waals surface area contributed by atoms with Crippen molar-refractivity contribution in [2.24, 2.45) is 0 Å². The molecule has 3 heteroatoms. The van der Waals surface area contributed by atoms with Crippen LogP contribution in [0.5, 0.6) is 0 Å². The maximum atomic E-state index is 8.92. The highest BCUT2D eigenvalue weighted by Crippen LogP contribution is 2.40. The zero-order valence-corrected chi connectivity index (χ0v) is 30.4. The summed E-state index contributed by atoms with van der Waals surface area (Å²) in [5, 5.41) is 4.27. The monoisotopic (exact) mass is 733 g/mol. The second kappa shape index (κ2) is 13.6. The maximum absolute atomic E-state index is 8.92. The molecule has 0 bridgehead atoms. The molecule has 9 aromatic carbocycles. The van der Waals surface area contributed by atoms with E-state index in [-0.39, 0.29) is 46.0 Å². The summed E-state index contributed by atoms with van der Waals surface area (Å²) >= 11 is 0. The van der Waals surface area contributed by atoms with E-state index in [0.29, 0.717) is 11.5 Å². The van der Waals surface area contributed by atoms with Gasteiger partial charge in [-0.2, -0.15) is 0 Å². The number of rotatable bonds is 6. The van der Waals surface area contributed by atoms with E-state index in [1.54, 1.807) is 0 Å². The zero-order chi connectivity index (χ0) is 44.7. The fraction of sp³-hybridized carbons (Fsp3) is 0. The molecule has 0 aliphatic carbocycles. The summed E-state index contributed by atoms with van der Waals surface area (Å²) in [5.74, 6) is 0.609. The predicted octanol–water partition coefficient (Wildman–Crippen LogP) is 14.2. The van der Waals surface area contributed by atoms with Gasteiger partial charge in [0.2, 0.25) is 0 Å². The fourth-order valence-electron chi connectivity index (χ4n) is 8.07. The van der Waals surface area contributed by atoms with E-state index >= 15 is 0 Å². The van der Waals surface area contributed by atoms with Crippen molar-refractivity contribution in [2.45, 2.75) is 0 Å². The standard InChI is InChI=1S/C54H35N3/c1-3-15-36(16-4-1)40-31-33-46(44-21-9-7-19-42(40)44)50-35-51(56-54(55-50)38-17-5-2-6-18-38)47-34-32-41(43-20-8-10-22-45(43)47)37-27-29-39(30-28-37)57-52-25-13-11-23-48(52)49-24-12-14-26-53(49)57/h1-35H/i11D,12D,13D,14D,23D,24D,25D,26D. The van der Waals surface area contributed by atoms with Gasteiger partial charge >= 0.3 is 0 Å². The highest BCUT2D eigenvalue weighted by atomic mass is 15.0. The van der Waals surface area contributed by atoms with Crippen LogP contribution in [-0.2, 0) is 0 Å². The Morgan fingerprint density at radius 3 is 1.26 bits per heavy atom. The van der Waals surface area contributed by atoms with Gasteiger partial charge in [0.1, 0.15) is 0 Å². The molecule has 3 nitrogen and oxygen atoms in total. The zero-order valence-electron chi connectivity index (χ0n) is 38.4. The van der Waals surface area contributed by atoms with E-state index in [0.717, 1.165) is 71.9 Å². The topological polar surface area (TPSA) is 30.7 Å². The maximum Gasteiger partial charge on any atom is 0.160 e. The van der Waals surface area contributed by atoms with Gasteiger partial charge in [-0.3, -0.25) is 0 Å². The first kappa shape index (κ1) is 25.5. The molecule has 2 aromatic heterocycles. The number of para-hydroxylation sites is 2. The summed E-state index contributed by atoms with van der Waals surface area (Å²) in [5.41, 5.74) is 9.15. The SMILES string of the molecule is [2H]c1c([2H])c([2H])c2c(c1[2H])c1c([2H])c([2H])c([2H])c([2H])c1n2-c1ccc(-c2ccc(-c3cc(-c4ccc(-c5ccccc5)c5ccccc45)nc(-c4ccccc4)n3)c3ccccc23)cc1. The van der Waals surface area contributed by atoms with E-state index in [2.05, 4.69) is 91.0 Å². The van der Waals surface area contributed by atoms with Crippen LogP contribution >= 0.6 is 0 Å². The molecule has 11 rings (SSSR count). The summed E-state index contributed by atoms with van der Waals surface area (Å²) in [6.07, 6.45) is 0. The van der Waals surface area contributed by atoms with Gasteiger partial charge in [0.05, 0.1) is 33.4 Å². The van der Waals surface area contributed by atoms with Gasteiger partial charge in [0.25, 0.3) is 0 Å². The Bertz CT molecular complexity index is 3660. The van der Waals surface area contributed by atoms with E-state index in [9.17, 15) is 0 Å². The molecule has 0 fully saturated rings. The Balaban J connectivity index is 1.07. The van der Waals surface area contributed by atoms with Crippen LogP contribution in [0.2, 0.25) is 0 Å². The summed E-state index contributed by atoms with van der Waals surface area (Å²) in [7, 11) is 0. The number of nitrogens with zero attached hydrogens (tertiary/aromatic N) is 3. The minimum atomic E-state index is -0.472. The van der Waals surface area contributed by atoms with Gasteiger partial charge in [0, 0.05) is 33.2 Å². The summed E-state index contributed by atoms with van der Waals surface area (Å²) in [6.45, 7) is 0. The molecule has 0 amide bonds. The number of aromatic nitrogens is 3. The van der Waals surface area contributed by atoms with Gasteiger partial charge in [-0.05, 0) is 74.1 Å². The van der Waals surface area contributed by atoms with Crippen molar-refractivity contribution < 1.29 is 11.0 Å². The van der Waals surface area contributed by atoms with E-state index in [1.165, 1.54) is 4.57 Å². The second-order valence-corrected chi connectivity index (χ2v) is 13.9. The van der Waals surface area contributed by atoms with Crippen LogP contribution in [0.1, 0.15) is 11.0 Å². The number of hydrogen-bond donors (Lipinski definition) is 0. The Morgan fingerprint density at radius 2 is 0.754 bits per heavy atom. The lowest BCUT2D eigenvalue weighted by atomic mass is 9.92. The van der Waals surface area contributed by atoms with Crippen LogP contribution < -0.4 is 0 Å². The van der Waals surface area contributed by atoms with Crippen LogP contribution in [0.25, 0.3) is 105 Å². The van der Waals surface area contributed by atoms with Crippen LogP contribution in [0.4, 0.5) is 0 Å². The second-order valence-electron chi connectivity index (χ2n) is 13.9. The Hall–Kier alpha value is -7.62. The smallest absolute Gasteiger partial charge is 0.160 e. The average molecular weight is 734 g/mol. The molecular weight excluding hydrogens is 691 g/mol. The minimum Gasteiger partial charge on any atom is -0.309 e. The fourth-order valence-corrected chi connectivity index (χ4v) is 8.07. The first-order valence-electron chi connectivity index (χ1n) is 22.8. The van der Waals surface area contributed by atoms with Crippen LogP contribution in [0.15, 0.2) is 212 Å². The summed E-state index contributed by atoms with van der Waals surface area (Å²) in [6, 6.07) is 51.8. The van der Waals surface area contributed by atoms with Crippen LogP contribution in [-0.4, -0.2) is 14.5 Å². The quantitative estimate of drug-likeness (QED) is 0.170. The minimum absolute atomic E-state index is 0.0457. The third-order valence-electron chi connectivity index (χ3n) is 10.7. The number of hydrogen-bond acceptors (Lipinski definition) is 2. The Kier molecular flexibility index (Phi) is 6.07. The lowest BCUT2D eigenvalue weighted by Gasteiger charge is -2.16. The number of fused-ring (bicyclic) bond motifs is 5. The molecule has 0 aliphatic heterocycles. The first-order chi connectivity index (χ1) is 31.6. The largest absolute Gasteiger partial charge is 0.309 e. The normalized spacial score (nSPS) is 13.5. The third kappa shape index (κ3) is 5.60. The molecule has 266 valence electrons. The lowest BCUT2D eigenvalue weighted by molar-refractivity contribution is 1.18. The summed E-state index contributed by atoms with van der Waals surface area (Å²) < 4.78 is 70.7. The van der Waals surface area contributed by atoms with E-state index in [4.69, 9.17) is 20.9 Å². The van der Waals surface area contributed by atoms with Crippen molar-refractivity contribution in [1.29, 1.82) is 0 Å². The van der Waals surface area contributed by atoms with Gasteiger partial charge in [-0.15, -0.1) is 0 Å². The van der Waals surface area contributed by atoms with Gasteiger partial charge < -0.3 is 4.57 Å². The summed E-state index contributed by atoms with van der Waals surface area (Å²) in [4.78, 5) is 10.4. The molecule has 0 radical (unpaired) electrons. The van der Waals surface area contributed by atoms with Gasteiger partial charge in [-0.1, -0.05) is 182 Å². The van der Waals surface area contributed by atoms with Crippen molar-refractivity contribution in [3.63, 3.8) is 0 Å². The van der Waals surface area contributed by atoms with E-state index in [1.807, 2.05) is 72.8 Å². The third-order valence-corrected chi connectivity index (χ3v) is 10.7. The van der Waals surface area contributed by atoms with Crippen molar-refractivity contribution in [1.82, 2.24) is 14.5 Å². The predicted molar refractivity (Wildman–Crippen MR) is 239 cm³/mol. The molecule has 0 aliphatic rings. The molecule has 57 heavy (non-hydrogen) atoms. The number of benzene rings is 9. The Labute approximate surface area is 342 Å². The Morgan fingerprint density at radius 1 is 0.351 bits per heavy atom.